The summed E-state index contributed by atoms with van der Waals surface area (Å²) < 4.78 is 0. The Morgan fingerprint density at radius 1 is 1.40 bits per heavy atom. The summed E-state index contributed by atoms with van der Waals surface area (Å²) in [5.41, 5.74) is 11.7. The average Bonchev–Trinajstić information content (AvgIpc) is 2.39. The van der Waals surface area contributed by atoms with Gasteiger partial charge in [-0.3, -0.25) is 4.98 Å². The molecule has 0 spiro atoms. The highest BCUT2D eigenvalue weighted by Crippen LogP contribution is 2.14. The standard InChI is InChI=1S/C12H19N7.ClH/c1-9-3-2-6-19(8-9)12(14)18-11(13)17-10-7-15-4-5-16-10;/h4-5,7,9H,2-3,6,8H2,1H3,(H4,13,14,16,17,18);1H. The summed E-state index contributed by atoms with van der Waals surface area (Å²) in [4.78, 5) is 18.1. The van der Waals surface area contributed by atoms with Crippen LogP contribution in [-0.2, 0) is 0 Å². The minimum Gasteiger partial charge on any atom is -0.369 e. The highest BCUT2D eigenvalue weighted by atomic mass is 35.5. The maximum absolute atomic E-state index is 5.94. The fourth-order valence-electron chi connectivity index (χ4n) is 2.08. The van der Waals surface area contributed by atoms with Crippen LogP contribution in [0.5, 0.6) is 0 Å². The van der Waals surface area contributed by atoms with Crippen LogP contribution >= 0.6 is 12.4 Å². The molecule has 8 heteroatoms. The number of likely N-dealkylation sites (tertiary alicyclic amines) is 1. The van der Waals surface area contributed by atoms with Gasteiger partial charge in [0.1, 0.15) is 0 Å². The van der Waals surface area contributed by atoms with E-state index in [1.54, 1.807) is 12.4 Å². The first-order valence-electron chi connectivity index (χ1n) is 6.34. The molecule has 1 atom stereocenters. The molecule has 0 amide bonds. The number of hydrogen-bond acceptors (Lipinski definition) is 3. The molecule has 20 heavy (non-hydrogen) atoms. The lowest BCUT2D eigenvalue weighted by Gasteiger charge is -2.31. The van der Waals surface area contributed by atoms with Crippen molar-refractivity contribution in [3.8, 4) is 0 Å². The highest BCUT2D eigenvalue weighted by Gasteiger charge is 2.17. The summed E-state index contributed by atoms with van der Waals surface area (Å²) in [6, 6.07) is 0. The molecule has 110 valence electrons. The topological polar surface area (TPSA) is 106 Å². The second-order valence-electron chi connectivity index (χ2n) is 4.70. The van der Waals surface area contributed by atoms with Crippen molar-refractivity contribution >= 4 is 30.1 Å². The second-order valence-corrected chi connectivity index (χ2v) is 4.70. The van der Waals surface area contributed by atoms with Crippen LogP contribution in [0.3, 0.4) is 0 Å². The van der Waals surface area contributed by atoms with E-state index in [1.165, 1.54) is 12.6 Å². The molecular formula is C12H20ClN7. The molecule has 7 nitrogen and oxygen atoms in total. The minimum atomic E-state index is 0. The first-order valence-corrected chi connectivity index (χ1v) is 6.34. The molecule has 1 aromatic heterocycles. The lowest BCUT2D eigenvalue weighted by atomic mass is 10.0. The molecule has 0 radical (unpaired) electrons. The van der Waals surface area contributed by atoms with E-state index in [9.17, 15) is 0 Å². The van der Waals surface area contributed by atoms with Gasteiger partial charge < -0.3 is 16.4 Å². The maximum Gasteiger partial charge on any atom is 0.225 e. The zero-order chi connectivity index (χ0) is 13.7. The molecule has 0 saturated carbocycles. The van der Waals surface area contributed by atoms with Gasteiger partial charge in [-0.2, -0.15) is 9.98 Å². The monoisotopic (exact) mass is 297 g/mol. The molecule has 1 aromatic rings. The number of nitrogens with zero attached hydrogens (tertiary/aromatic N) is 5. The molecule has 4 N–H and O–H groups in total. The Bertz CT molecular complexity index is 474. The van der Waals surface area contributed by atoms with E-state index in [2.05, 4.69) is 26.9 Å². The smallest absolute Gasteiger partial charge is 0.225 e. The molecule has 1 aliphatic rings. The number of aliphatic imine (C=N–C) groups is 2. The lowest BCUT2D eigenvalue weighted by Crippen LogP contribution is -2.44. The van der Waals surface area contributed by atoms with Crippen molar-refractivity contribution < 1.29 is 0 Å². The van der Waals surface area contributed by atoms with Gasteiger partial charge in [-0.25, -0.2) is 4.98 Å². The van der Waals surface area contributed by atoms with Crippen molar-refractivity contribution in [3.05, 3.63) is 18.6 Å². The van der Waals surface area contributed by atoms with Gasteiger partial charge in [0.25, 0.3) is 0 Å². The van der Waals surface area contributed by atoms with Crippen LogP contribution in [0.1, 0.15) is 19.8 Å². The Hall–Kier alpha value is -1.89. The fourth-order valence-corrected chi connectivity index (χ4v) is 2.08. The van der Waals surface area contributed by atoms with E-state index in [0.29, 0.717) is 17.7 Å². The predicted octanol–water partition coefficient (Wildman–Crippen LogP) is 0.891. The molecule has 1 fully saturated rings. The number of guanidine groups is 2. The van der Waals surface area contributed by atoms with Crippen LogP contribution < -0.4 is 11.5 Å². The Morgan fingerprint density at radius 2 is 2.20 bits per heavy atom. The summed E-state index contributed by atoms with van der Waals surface area (Å²) in [6.45, 7) is 4.03. The van der Waals surface area contributed by atoms with E-state index in [1.807, 2.05) is 4.90 Å². The molecule has 0 aliphatic carbocycles. The molecule has 2 rings (SSSR count). The SMILES string of the molecule is CC1CCCN(C(N)=NC(N)=Nc2cnccn2)C1.Cl. The van der Waals surface area contributed by atoms with Gasteiger partial charge in [0.15, 0.2) is 11.8 Å². The van der Waals surface area contributed by atoms with Gasteiger partial charge in [0.2, 0.25) is 5.96 Å². The second kappa shape index (κ2) is 7.64. The van der Waals surface area contributed by atoms with Crippen molar-refractivity contribution in [2.24, 2.45) is 27.4 Å². The summed E-state index contributed by atoms with van der Waals surface area (Å²) in [6.07, 6.45) is 6.99. The minimum absolute atomic E-state index is 0. The average molecular weight is 298 g/mol. The van der Waals surface area contributed by atoms with Crippen LogP contribution in [0.2, 0.25) is 0 Å². The normalized spacial score (nSPS) is 20.4. The largest absolute Gasteiger partial charge is 0.369 e. The van der Waals surface area contributed by atoms with Crippen LogP contribution in [0.4, 0.5) is 5.82 Å². The molecular weight excluding hydrogens is 278 g/mol. The summed E-state index contributed by atoms with van der Waals surface area (Å²) in [5, 5.41) is 0. The molecule has 0 aromatic carbocycles. The third-order valence-corrected chi connectivity index (χ3v) is 2.99. The molecule has 1 aliphatic heterocycles. The van der Waals surface area contributed by atoms with E-state index in [0.717, 1.165) is 19.5 Å². The molecule has 0 bridgehead atoms. The quantitative estimate of drug-likeness (QED) is 0.591. The number of piperidine rings is 1. The van der Waals surface area contributed by atoms with Gasteiger partial charge in [-0.1, -0.05) is 6.92 Å². The van der Waals surface area contributed by atoms with Crippen LogP contribution in [0, 0.1) is 5.92 Å². The number of nitrogens with two attached hydrogens (primary N) is 2. The van der Waals surface area contributed by atoms with Gasteiger partial charge in [0.05, 0.1) is 6.20 Å². The summed E-state index contributed by atoms with van der Waals surface area (Å²) in [7, 11) is 0. The van der Waals surface area contributed by atoms with Crippen LogP contribution in [0.25, 0.3) is 0 Å². The zero-order valence-corrected chi connectivity index (χ0v) is 12.3. The van der Waals surface area contributed by atoms with Gasteiger partial charge in [-0.05, 0) is 18.8 Å². The highest BCUT2D eigenvalue weighted by molar-refractivity contribution is 5.94. The predicted molar refractivity (Wildman–Crippen MR) is 82.2 cm³/mol. The fraction of sp³-hybridized carbons (Fsp3) is 0.500. The third-order valence-electron chi connectivity index (χ3n) is 2.99. The maximum atomic E-state index is 5.94. The van der Waals surface area contributed by atoms with E-state index in [4.69, 9.17) is 11.5 Å². The molecule has 2 heterocycles. The Labute approximate surface area is 124 Å². The zero-order valence-electron chi connectivity index (χ0n) is 11.4. The van der Waals surface area contributed by atoms with Gasteiger partial charge in [0, 0.05) is 25.5 Å². The van der Waals surface area contributed by atoms with E-state index in [-0.39, 0.29) is 18.4 Å². The number of hydrogen-bond donors (Lipinski definition) is 2. The first-order chi connectivity index (χ1) is 9.15. The number of aromatic nitrogens is 2. The first kappa shape index (κ1) is 16.2. The Balaban J connectivity index is 0.00000200. The van der Waals surface area contributed by atoms with Crippen molar-refractivity contribution in [2.45, 2.75) is 19.8 Å². The van der Waals surface area contributed by atoms with Crippen LogP contribution in [0.15, 0.2) is 28.6 Å². The lowest BCUT2D eigenvalue weighted by molar-refractivity contribution is 0.271. The van der Waals surface area contributed by atoms with Crippen molar-refractivity contribution in [3.63, 3.8) is 0 Å². The summed E-state index contributed by atoms with van der Waals surface area (Å²) in [5.74, 6) is 1.55. The summed E-state index contributed by atoms with van der Waals surface area (Å²) >= 11 is 0. The number of halogens is 1. The van der Waals surface area contributed by atoms with Crippen molar-refractivity contribution in [2.75, 3.05) is 13.1 Å². The third kappa shape index (κ3) is 4.65. The Kier molecular flexibility index (Phi) is 6.17. The van der Waals surface area contributed by atoms with Crippen LogP contribution in [-0.4, -0.2) is 39.9 Å². The van der Waals surface area contributed by atoms with Crippen molar-refractivity contribution in [1.29, 1.82) is 0 Å². The van der Waals surface area contributed by atoms with E-state index < -0.39 is 0 Å². The molecule has 1 unspecified atom stereocenters. The Morgan fingerprint density at radius 3 is 2.85 bits per heavy atom. The molecule has 1 saturated heterocycles. The van der Waals surface area contributed by atoms with Crippen molar-refractivity contribution in [1.82, 2.24) is 14.9 Å². The van der Waals surface area contributed by atoms with Gasteiger partial charge in [-0.15, -0.1) is 12.4 Å². The van der Waals surface area contributed by atoms with E-state index >= 15 is 0 Å². The van der Waals surface area contributed by atoms with Gasteiger partial charge >= 0.3 is 0 Å². The number of rotatable bonds is 1.